The van der Waals surface area contributed by atoms with Crippen LogP contribution in [0.5, 0.6) is 11.5 Å². The fraction of sp³-hybridized carbons (Fsp3) is 0.500. The summed E-state index contributed by atoms with van der Waals surface area (Å²) in [4.78, 5) is 11.5. The number of carbonyl (C=O) groups excluding carboxylic acids is 1. The summed E-state index contributed by atoms with van der Waals surface area (Å²) in [5, 5.41) is 0. The standard InChI is InChI=1S/C14H20O4/c1-4-5-8-18-14(15)10-11-6-7-12(16-2)13(9-11)17-3/h6-7,9H,4-5,8,10H2,1-3H3. The molecule has 0 aliphatic carbocycles. The van der Waals surface area contributed by atoms with Crippen LogP contribution in [0.4, 0.5) is 0 Å². The molecule has 0 aliphatic rings. The van der Waals surface area contributed by atoms with Crippen LogP contribution in [-0.4, -0.2) is 26.8 Å². The van der Waals surface area contributed by atoms with E-state index in [1.54, 1.807) is 26.4 Å². The van der Waals surface area contributed by atoms with Crippen molar-refractivity contribution in [1.82, 2.24) is 0 Å². The Balaban J connectivity index is 2.59. The van der Waals surface area contributed by atoms with Crippen LogP contribution in [0.3, 0.4) is 0 Å². The Morgan fingerprint density at radius 3 is 2.50 bits per heavy atom. The molecule has 0 spiro atoms. The third-order valence-electron chi connectivity index (χ3n) is 2.56. The molecule has 0 aromatic heterocycles. The van der Waals surface area contributed by atoms with Crippen molar-refractivity contribution in [2.75, 3.05) is 20.8 Å². The molecule has 1 rings (SSSR count). The van der Waals surface area contributed by atoms with Gasteiger partial charge in [0.15, 0.2) is 11.5 Å². The Kier molecular flexibility index (Phi) is 6.05. The van der Waals surface area contributed by atoms with Gasteiger partial charge in [-0.15, -0.1) is 0 Å². The maximum Gasteiger partial charge on any atom is 0.310 e. The van der Waals surface area contributed by atoms with E-state index >= 15 is 0 Å². The number of esters is 1. The molecule has 18 heavy (non-hydrogen) atoms. The Bertz CT molecular complexity index is 387. The smallest absolute Gasteiger partial charge is 0.310 e. The van der Waals surface area contributed by atoms with Gasteiger partial charge in [0.25, 0.3) is 0 Å². The molecule has 0 aliphatic heterocycles. The van der Waals surface area contributed by atoms with Crippen LogP contribution in [0.15, 0.2) is 18.2 Å². The number of benzene rings is 1. The zero-order valence-electron chi connectivity index (χ0n) is 11.2. The lowest BCUT2D eigenvalue weighted by Gasteiger charge is -2.09. The average Bonchev–Trinajstić information content (AvgIpc) is 2.39. The van der Waals surface area contributed by atoms with Crippen LogP contribution < -0.4 is 9.47 Å². The van der Waals surface area contributed by atoms with Gasteiger partial charge in [0.1, 0.15) is 0 Å². The Hall–Kier alpha value is -1.71. The van der Waals surface area contributed by atoms with Gasteiger partial charge >= 0.3 is 5.97 Å². The van der Waals surface area contributed by atoms with Gasteiger partial charge in [-0.05, 0) is 24.1 Å². The van der Waals surface area contributed by atoms with Gasteiger partial charge in [0.2, 0.25) is 0 Å². The lowest BCUT2D eigenvalue weighted by atomic mass is 10.1. The van der Waals surface area contributed by atoms with Crippen LogP contribution in [0.25, 0.3) is 0 Å². The fourth-order valence-electron chi connectivity index (χ4n) is 1.54. The maximum atomic E-state index is 11.5. The van der Waals surface area contributed by atoms with Gasteiger partial charge in [-0.3, -0.25) is 4.79 Å². The normalized spacial score (nSPS) is 9.94. The summed E-state index contributed by atoms with van der Waals surface area (Å²) in [5.41, 5.74) is 0.856. The highest BCUT2D eigenvalue weighted by atomic mass is 16.5. The lowest BCUT2D eigenvalue weighted by Crippen LogP contribution is -2.09. The summed E-state index contributed by atoms with van der Waals surface area (Å²) >= 11 is 0. The third kappa shape index (κ3) is 4.28. The molecule has 0 N–H and O–H groups in total. The van der Waals surface area contributed by atoms with E-state index in [0.717, 1.165) is 18.4 Å². The summed E-state index contributed by atoms with van der Waals surface area (Å²) < 4.78 is 15.4. The first kappa shape index (κ1) is 14.4. The van der Waals surface area contributed by atoms with E-state index < -0.39 is 0 Å². The first-order valence-corrected chi connectivity index (χ1v) is 6.07. The Morgan fingerprint density at radius 1 is 1.17 bits per heavy atom. The summed E-state index contributed by atoms with van der Waals surface area (Å²) in [5.74, 6) is 1.06. The minimum absolute atomic E-state index is 0.212. The largest absolute Gasteiger partial charge is 0.493 e. The summed E-state index contributed by atoms with van der Waals surface area (Å²) in [6, 6.07) is 5.41. The van der Waals surface area contributed by atoms with Crippen LogP contribution >= 0.6 is 0 Å². The van der Waals surface area contributed by atoms with E-state index in [1.165, 1.54) is 0 Å². The number of rotatable bonds is 7. The highest BCUT2D eigenvalue weighted by Gasteiger charge is 2.08. The molecular weight excluding hydrogens is 232 g/mol. The average molecular weight is 252 g/mol. The first-order chi connectivity index (χ1) is 8.71. The molecule has 0 atom stereocenters. The summed E-state index contributed by atoms with van der Waals surface area (Å²) in [7, 11) is 3.15. The number of methoxy groups -OCH3 is 2. The highest BCUT2D eigenvalue weighted by molar-refractivity contribution is 5.72. The summed E-state index contributed by atoms with van der Waals surface area (Å²) in [6.07, 6.45) is 2.17. The van der Waals surface area contributed by atoms with Crippen LogP contribution in [0, 0.1) is 0 Å². The van der Waals surface area contributed by atoms with Crippen molar-refractivity contribution in [3.8, 4) is 11.5 Å². The summed E-state index contributed by atoms with van der Waals surface area (Å²) in [6.45, 7) is 2.55. The Morgan fingerprint density at radius 2 is 1.89 bits per heavy atom. The van der Waals surface area contributed by atoms with Crippen molar-refractivity contribution in [2.24, 2.45) is 0 Å². The molecule has 100 valence electrons. The number of hydrogen-bond acceptors (Lipinski definition) is 4. The molecule has 4 nitrogen and oxygen atoms in total. The van der Waals surface area contributed by atoms with Gasteiger partial charge in [0, 0.05) is 0 Å². The molecule has 0 heterocycles. The van der Waals surface area contributed by atoms with Gasteiger partial charge in [-0.2, -0.15) is 0 Å². The lowest BCUT2D eigenvalue weighted by molar-refractivity contribution is -0.142. The van der Waals surface area contributed by atoms with E-state index in [9.17, 15) is 4.79 Å². The van der Waals surface area contributed by atoms with Gasteiger partial charge in [-0.25, -0.2) is 0 Å². The van der Waals surface area contributed by atoms with Crippen molar-refractivity contribution < 1.29 is 19.0 Å². The van der Waals surface area contributed by atoms with Crippen LogP contribution in [-0.2, 0) is 16.0 Å². The molecule has 1 aromatic rings. The second kappa shape index (κ2) is 7.58. The van der Waals surface area contributed by atoms with Gasteiger partial charge in [0.05, 0.1) is 27.2 Å². The van der Waals surface area contributed by atoms with Crippen LogP contribution in [0.1, 0.15) is 25.3 Å². The second-order valence-corrected chi connectivity index (χ2v) is 3.94. The van der Waals surface area contributed by atoms with Crippen molar-refractivity contribution >= 4 is 5.97 Å². The van der Waals surface area contributed by atoms with E-state index in [-0.39, 0.29) is 12.4 Å². The zero-order chi connectivity index (χ0) is 13.4. The first-order valence-electron chi connectivity index (χ1n) is 6.07. The third-order valence-corrected chi connectivity index (χ3v) is 2.56. The Labute approximate surface area is 108 Å². The van der Waals surface area contributed by atoms with E-state index in [1.807, 2.05) is 6.07 Å². The molecule has 0 saturated carbocycles. The quantitative estimate of drug-likeness (QED) is 0.552. The number of unbranched alkanes of at least 4 members (excludes halogenated alkanes) is 1. The van der Waals surface area contributed by atoms with Crippen molar-refractivity contribution in [3.63, 3.8) is 0 Å². The molecule has 0 radical (unpaired) electrons. The molecule has 0 saturated heterocycles. The van der Waals surface area contributed by atoms with Crippen molar-refractivity contribution in [2.45, 2.75) is 26.2 Å². The zero-order valence-corrected chi connectivity index (χ0v) is 11.2. The molecule has 0 bridgehead atoms. The molecule has 0 fully saturated rings. The second-order valence-electron chi connectivity index (χ2n) is 3.94. The molecule has 4 heteroatoms. The molecule has 1 aromatic carbocycles. The number of ether oxygens (including phenoxy) is 3. The molecule has 0 unspecified atom stereocenters. The van der Waals surface area contributed by atoms with E-state index in [4.69, 9.17) is 14.2 Å². The van der Waals surface area contributed by atoms with Crippen molar-refractivity contribution in [3.05, 3.63) is 23.8 Å². The topological polar surface area (TPSA) is 44.8 Å². The fourth-order valence-corrected chi connectivity index (χ4v) is 1.54. The van der Waals surface area contributed by atoms with Crippen LogP contribution in [0.2, 0.25) is 0 Å². The highest BCUT2D eigenvalue weighted by Crippen LogP contribution is 2.27. The van der Waals surface area contributed by atoms with Crippen molar-refractivity contribution in [1.29, 1.82) is 0 Å². The minimum atomic E-state index is -0.212. The van der Waals surface area contributed by atoms with E-state index in [2.05, 4.69) is 6.92 Å². The van der Waals surface area contributed by atoms with Gasteiger partial charge < -0.3 is 14.2 Å². The van der Waals surface area contributed by atoms with Gasteiger partial charge in [-0.1, -0.05) is 19.4 Å². The number of hydrogen-bond donors (Lipinski definition) is 0. The SMILES string of the molecule is CCCCOC(=O)Cc1ccc(OC)c(OC)c1. The maximum absolute atomic E-state index is 11.5. The molecular formula is C14H20O4. The minimum Gasteiger partial charge on any atom is -0.493 e. The predicted molar refractivity (Wildman–Crippen MR) is 69.1 cm³/mol. The molecule has 0 amide bonds. The monoisotopic (exact) mass is 252 g/mol. The van der Waals surface area contributed by atoms with E-state index in [0.29, 0.717) is 18.1 Å². The predicted octanol–water partition coefficient (Wildman–Crippen LogP) is 2.59. The number of carbonyl (C=O) groups is 1.